The first kappa shape index (κ1) is 11.2. The van der Waals surface area contributed by atoms with Gasteiger partial charge >= 0.3 is 0 Å². The van der Waals surface area contributed by atoms with Gasteiger partial charge in [-0.3, -0.25) is 0 Å². The summed E-state index contributed by atoms with van der Waals surface area (Å²) in [5.41, 5.74) is 5.89. The molecular formula is C16H20. The topological polar surface area (TPSA) is 0 Å². The summed E-state index contributed by atoms with van der Waals surface area (Å²) in [6.45, 7) is 4.32. The van der Waals surface area contributed by atoms with Gasteiger partial charge in [-0.25, -0.2) is 0 Å². The van der Waals surface area contributed by atoms with Crippen LogP contribution in [0.3, 0.4) is 0 Å². The molecule has 2 rings (SSSR count). The minimum atomic E-state index is 1.21. The minimum Gasteiger partial charge on any atom is -0.0871 e. The molecule has 0 unspecified atom stereocenters. The van der Waals surface area contributed by atoms with Crippen LogP contribution in [0.25, 0.3) is 12.2 Å². The van der Waals surface area contributed by atoms with Gasteiger partial charge < -0.3 is 0 Å². The van der Waals surface area contributed by atoms with Crippen molar-refractivity contribution in [2.75, 3.05) is 0 Å². The maximum atomic E-state index is 2.39. The Morgan fingerprint density at radius 3 is 2.88 bits per heavy atom. The zero-order chi connectivity index (χ0) is 11.4. The average Bonchev–Trinajstić information content (AvgIpc) is 2.30. The predicted molar refractivity (Wildman–Crippen MR) is 72.4 cm³/mol. The highest BCUT2D eigenvalue weighted by Crippen LogP contribution is 2.27. The molecule has 0 heterocycles. The molecule has 0 bridgehead atoms. The molecule has 1 aliphatic rings. The molecule has 0 N–H and O–H groups in total. The maximum Gasteiger partial charge on any atom is -0.0224 e. The molecule has 0 saturated carbocycles. The van der Waals surface area contributed by atoms with Gasteiger partial charge in [0.15, 0.2) is 0 Å². The van der Waals surface area contributed by atoms with Crippen LogP contribution >= 0.6 is 0 Å². The highest BCUT2D eigenvalue weighted by Gasteiger charge is 2.09. The van der Waals surface area contributed by atoms with Crippen molar-refractivity contribution >= 4 is 12.2 Å². The number of rotatable bonds is 3. The van der Waals surface area contributed by atoms with E-state index in [-0.39, 0.29) is 0 Å². The monoisotopic (exact) mass is 212 g/mol. The Hall–Kier alpha value is -1.30. The molecule has 0 nitrogen and oxygen atoms in total. The number of aryl methyl sites for hydroxylation is 1. The highest BCUT2D eigenvalue weighted by molar-refractivity contribution is 5.63. The van der Waals surface area contributed by atoms with Crippen molar-refractivity contribution in [3.63, 3.8) is 0 Å². The van der Waals surface area contributed by atoms with E-state index in [0.29, 0.717) is 0 Å². The lowest BCUT2D eigenvalue weighted by atomic mass is 9.89. The highest BCUT2D eigenvalue weighted by atomic mass is 14.1. The summed E-state index contributed by atoms with van der Waals surface area (Å²) in [6, 6.07) is 6.80. The zero-order valence-electron chi connectivity index (χ0n) is 10.3. The molecule has 0 atom stereocenters. The van der Waals surface area contributed by atoms with Gasteiger partial charge in [-0.15, -0.1) is 0 Å². The number of benzene rings is 1. The standard InChI is InChI=1S/C16H20/c1-3-5-13-7-9-16-12-14(6-4-2)8-10-15(16)11-13/h3,5,7,9,11-12H,4,6,8,10H2,1-2H3/b5-3+. The quantitative estimate of drug-likeness (QED) is 0.672. The SMILES string of the molecule is C/C=C/c1ccc2c(c1)CCC(CCC)=C2. The van der Waals surface area contributed by atoms with E-state index in [9.17, 15) is 0 Å². The van der Waals surface area contributed by atoms with Crippen molar-refractivity contribution in [3.05, 3.63) is 46.5 Å². The number of allylic oxidation sites excluding steroid dienone is 2. The Kier molecular flexibility index (Phi) is 3.61. The Morgan fingerprint density at radius 1 is 1.25 bits per heavy atom. The molecule has 0 fully saturated rings. The molecule has 16 heavy (non-hydrogen) atoms. The lowest BCUT2D eigenvalue weighted by molar-refractivity contribution is 0.814. The second kappa shape index (κ2) is 5.16. The third kappa shape index (κ3) is 2.44. The zero-order valence-corrected chi connectivity index (χ0v) is 10.3. The third-order valence-electron chi connectivity index (χ3n) is 3.17. The van der Waals surface area contributed by atoms with E-state index in [1.807, 2.05) is 0 Å². The van der Waals surface area contributed by atoms with Crippen molar-refractivity contribution in [2.45, 2.75) is 39.5 Å². The minimum absolute atomic E-state index is 1.21. The lowest BCUT2D eigenvalue weighted by Gasteiger charge is -2.16. The summed E-state index contributed by atoms with van der Waals surface area (Å²) in [6.07, 6.45) is 11.6. The average molecular weight is 212 g/mol. The molecule has 1 aromatic rings. The van der Waals surface area contributed by atoms with Crippen molar-refractivity contribution in [1.82, 2.24) is 0 Å². The molecule has 84 valence electrons. The van der Waals surface area contributed by atoms with Crippen molar-refractivity contribution in [3.8, 4) is 0 Å². The van der Waals surface area contributed by atoms with Crippen LogP contribution < -0.4 is 0 Å². The van der Waals surface area contributed by atoms with E-state index in [1.54, 1.807) is 5.57 Å². The van der Waals surface area contributed by atoms with Crippen molar-refractivity contribution < 1.29 is 0 Å². The van der Waals surface area contributed by atoms with Gasteiger partial charge in [-0.1, -0.05) is 55.3 Å². The molecule has 0 amide bonds. The normalized spacial score (nSPS) is 15.0. The Bertz CT molecular complexity index is 422. The summed E-state index contributed by atoms with van der Waals surface area (Å²) >= 11 is 0. The van der Waals surface area contributed by atoms with E-state index in [2.05, 4.69) is 50.3 Å². The van der Waals surface area contributed by atoms with Crippen LogP contribution in [-0.2, 0) is 6.42 Å². The number of hydrogen-bond acceptors (Lipinski definition) is 0. The third-order valence-corrected chi connectivity index (χ3v) is 3.17. The second-order valence-corrected chi connectivity index (χ2v) is 4.51. The van der Waals surface area contributed by atoms with E-state index in [4.69, 9.17) is 0 Å². The number of hydrogen-bond donors (Lipinski definition) is 0. The summed E-state index contributed by atoms with van der Waals surface area (Å²) in [7, 11) is 0. The summed E-state index contributed by atoms with van der Waals surface area (Å²) in [4.78, 5) is 0. The van der Waals surface area contributed by atoms with Crippen LogP contribution in [0.15, 0.2) is 29.8 Å². The summed E-state index contributed by atoms with van der Waals surface area (Å²) in [5, 5.41) is 0. The predicted octanol–water partition coefficient (Wildman–Crippen LogP) is 4.85. The van der Waals surface area contributed by atoms with Gasteiger partial charge in [0.2, 0.25) is 0 Å². The molecule has 1 aromatic carbocycles. The fraction of sp³-hybridized carbons (Fsp3) is 0.375. The molecule has 0 radical (unpaired) electrons. The van der Waals surface area contributed by atoms with Crippen LogP contribution in [0.5, 0.6) is 0 Å². The van der Waals surface area contributed by atoms with Crippen molar-refractivity contribution in [1.29, 1.82) is 0 Å². The lowest BCUT2D eigenvalue weighted by Crippen LogP contribution is -1.99. The number of fused-ring (bicyclic) bond motifs is 1. The van der Waals surface area contributed by atoms with Gasteiger partial charge in [-0.05, 0) is 42.9 Å². The van der Waals surface area contributed by atoms with Gasteiger partial charge in [0.1, 0.15) is 0 Å². The second-order valence-electron chi connectivity index (χ2n) is 4.51. The van der Waals surface area contributed by atoms with Crippen molar-refractivity contribution in [2.24, 2.45) is 0 Å². The van der Waals surface area contributed by atoms with E-state index in [0.717, 1.165) is 0 Å². The van der Waals surface area contributed by atoms with Crippen LogP contribution in [0.4, 0.5) is 0 Å². The van der Waals surface area contributed by atoms with Crippen LogP contribution in [-0.4, -0.2) is 0 Å². The molecular weight excluding hydrogens is 192 g/mol. The van der Waals surface area contributed by atoms with E-state index < -0.39 is 0 Å². The maximum absolute atomic E-state index is 2.39. The molecule has 0 aromatic heterocycles. The van der Waals surface area contributed by atoms with Gasteiger partial charge in [0, 0.05) is 0 Å². The molecule has 0 saturated heterocycles. The first-order chi connectivity index (χ1) is 7.83. The smallest absolute Gasteiger partial charge is 0.0224 e. The Labute approximate surface area is 98.7 Å². The van der Waals surface area contributed by atoms with Gasteiger partial charge in [-0.2, -0.15) is 0 Å². The summed E-state index contributed by atoms with van der Waals surface area (Å²) in [5.74, 6) is 0. The fourth-order valence-corrected chi connectivity index (χ4v) is 2.38. The van der Waals surface area contributed by atoms with Crippen LogP contribution in [0.1, 0.15) is 49.8 Å². The van der Waals surface area contributed by atoms with Crippen LogP contribution in [0.2, 0.25) is 0 Å². The molecule has 1 aliphatic carbocycles. The molecule has 0 aliphatic heterocycles. The Balaban J connectivity index is 2.28. The molecule has 0 spiro atoms. The first-order valence-corrected chi connectivity index (χ1v) is 6.28. The van der Waals surface area contributed by atoms with E-state index in [1.165, 1.54) is 42.4 Å². The van der Waals surface area contributed by atoms with Gasteiger partial charge in [0.05, 0.1) is 0 Å². The van der Waals surface area contributed by atoms with Gasteiger partial charge in [0.25, 0.3) is 0 Å². The fourth-order valence-electron chi connectivity index (χ4n) is 2.38. The molecule has 0 heteroatoms. The largest absolute Gasteiger partial charge is 0.0871 e. The summed E-state index contributed by atoms with van der Waals surface area (Å²) < 4.78 is 0. The van der Waals surface area contributed by atoms with Crippen LogP contribution in [0, 0.1) is 0 Å². The first-order valence-electron chi connectivity index (χ1n) is 6.28. The van der Waals surface area contributed by atoms with E-state index >= 15 is 0 Å². The Morgan fingerprint density at radius 2 is 2.12 bits per heavy atom.